The van der Waals surface area contributed by atoms with E-state index >= 15 is 0 Å². The zero-order valence-corrected chi connectivity index (χ0v) is 8.70. The van der Waals surface area contributed by atoms with Crippen molar-refractivity contribution >= 4 is 5.91 Å². The summed E-state index contributed by atoms with van der Waals surface area (Å²) in [5.41, 5.74) is 5.43. The first kappa shape index (κ1) is 11.5. The van der Waals surface area contributed by atoms with Crippen LogP contribution in [0.25, 0.3) is 0 Å². The van der Waals surface area contributed by atoms with Gasteiger partial charge < -0.3 is 16.2 Å². The SMILES string of the molecule is CC(N)C(=O)NCC1CCCC1CO. The van der Waals surface area contributed by atoms with Crippen molar-refractivity contribution < 1.29 is 9.90 Å². The number of nitrogens with two attached hydrogens (primary N) is 1. The summed E-state index contributed by atoms with van der Waals surface area (Å²) in [5.74, 6) is 0.694. The van der Waals surface area contributed by atoms with Crippen molar-refractivity contribution in [3.63, 3.8) is 0 Å². The number of hydrogen-bond acceptors (Lipinski definition) is 3. The molecule has 0 aromatic rings. The number of hydrogen-bond donors (Lipinski definition) is 3. The van der Waals surface area contributed by atoms with E-state index in [0.717, 1.165) is 19.3 Å². The summed E-state index contributed by atoms with van der Waals surface area (Å²) in [5, 5.41) is 11.9. The Morgan fingerprint density at radius 2 is 2.21 bits per heavy atom. The highest BCUT2D eigenvalue weighted by molar-refractivity contribution is 5.80. The molecule has 3 atom stereocenters. The molecule has 0 heterocycles. The molecule has 0 saturated heterocycles. The average Bonchev–Trinajstić information content (AvgIpc) is 2.60. The lowest BCUT2D eigenvalue weighted by Crippen LogP contribution is -2.41. The normalized spacial score (nSPS) is 28.8. The molecule has 0 aromatic heterocycles. The number of carbonyl (C=O) groups excluding carboxylic acids is 1. The van der Waals surface area contributed by atoms with Crippen molar-refractivity contribution in [2.45, 2.75) is 32.2 Å². The molecule has 3 unspecified atom stereocenters. The Bertz CT molecular complexity index is 195. The van der Waals surface area contributed by atoms with Crippen LogP contribution in [0.2, 0.25) is 0 Å². The Labute approximate surface area is 84.9 Å². The molecule has 0 radical (unpaired) electrons. The maximum Gasteiger partial charge on any atom is 0.236 e. The van der Waals surface area contributed by atoms with Crippen LogP contribution in [0.3, 0.4) is 0 Å². The highest BCUT2D eigenvalue weighted by Gasteiger charge is 2.26. The summed E-state index contributed by atoms with van der Waals surface area (Å²) in [7, 11) is 0. The minimum Gasteiger partial charge on any atom is -0.396 e. The fourth-order valence-corrected chi connectivity index (χ4v) is 2.02. The molecule has 82 valence electrons. The van der Waals surface area contributed by atoms with E-state index in [9.17, 15) is 4.79 Å². The summed E-state index contributed by atoms with van der Waals surface area (Å²) in [4.78, 5) is 11.2. The molecule has 0 aromatic carbocycles. The van der Waals surface area contributed by atoms with Crippen molar-refractivity contribution in [3.8, 4) is 0 Å². The predicted octanol–water partition coefficient (Wildman–Crippen LogP) is -0.142. The van der Waals surface area contributed by atoms with Gasteiger partial charge in [-0.3, -0.25) is 4.79 Å². The van der Waals surface area contributed by atoms with Crippen molar-refractivity contribution in [1.29, 1.82) is 0 Å². The monoisotopic (exact) mass is 200 g/mol. The van der Waals surface area contributed by atoms with Crippen LogP contribution in [-0.2, 0) is 4.79 Å². The van der Waals surface area contributed by atoms with Gasteiger partial charge in [0.2, 0.25) is 5.91 Å². The second-order valence-electron chi connectivity index (χ2n) is 4.17. The fraction of sp³-hybridized carbons (Fsp3) is 0.900. The minimum absolute atomic E-state index is 0.103. The van der Waals surface area contributed by atoms with E-state index in [-0.39, 0.29) is 12.5 Å². The molecule has 4 heteroatoms. The second-order valence-corrected chi connectivity index (χ2v) is 4.17. The standard InChI is InChI=1S/C10H20N2O2/c1-7(11)10(14)12-5-8-3-2-4-9(8)6-13/h7-9,13H,2-6,11H2,1H3,(H,12,14). The van der Waals surface area contributed by atoms with Gasteiger partial charge in [0.15, 0.2) is 0 Å². The molecule has 1 amide bonds. The topological polar surface area (TPSA) is 75.4 Å². The molecule has 1 aliphatic rings. The summed E-state index contributed by atoms with van der Waals surface area (Å²) in [6, 6.07) is -0.441. The largest absolute Gasteiger partial charge is 0.396 e. The van der Waals surface area contributed by atoms with Gasteiger partial charge >= 0.3 is 0 Å². The maximum absolute atomic E-state index is 11.2. The van der Waals surface area contributed by atoms with E-state index in [4.69, 9.17) is 10.8 Å². The molecule has 0 spiro atoms. The number of amides is 1. The van der Waals surface area contributed by atoms with Gasteiger partial charge in [0.1, 0.15) is 0 Å². The van der Waals surface area contributed by atoms with Crippen LogP contribution in [0.1, 0.15) is 26.2 Å². The highest BCUT2D eigenvalue weighted by Crippen LogP contribution is 2.30. The van der Waals surface area contributed by atoms with E-state index in [2.05, 4.69) is 5.32 Å². The summed E-state index contributed by atoms with van der Waals surface area (Å²) < 4.78 is 0. The molecule has 4 N–H and O–H groups in total. The van der Waals surface area contributed by atoms with Crippen molar-refractivity contribution in [2.75, 3.05) is 13.2 Å². The number of aliphatic hydroxyl groups excluding tert-OH is 1. The van der Waals surface area contributed by atoms with E-state index in [1.165, 1.54) is 0 Å². The van der Waals surface area contributed by atoms with Crippen molar-refractivity contribution in [1.82, 2.24) is 5.32 Å². The summed E-state index contributed by atoms with van der Waals surface area (Å²) in [6.07, 6.45) is 3.34. The van der Waals surface area contributed by atoms with Gasteiger partial charge in [-0.25, -0.2) is 0 Å². The Morgan fingerprint density at radius 1 is 1.57 bits per heavy atom. The molecule has 0 aliphatic heterocycles. The lowest BCUT2D eigenvalue weighted by molar-refractivity contribution is -0.122. The maximum atomic E-state index is 11.2. The third-order valence-corrected chi connectivity index (χ3v) is 3.00. The number of rotatable bonds is 4. The van der Waals surface area contributed by atoms with Crippen LogP contribution in [-0.4, -0.2) is 30.2 Å². The Balaban J connectivity index is 2.27. The van der Waals surface area contributed by atoms with E-state index < -0.39 is 6.04 Å². The zero-order valence-electron chi connectivity index (χ0n) is 8.70. The molecule has 14 heavy (non-hydrogen) atoms. The Kier molecular flexibility index (Phi) is 4.35. The van der Waals surface area contributed by atoms with Gasteiger partial charge in [0, 0.05) is 13.2 Å². The lowest BCUT2D eigenvalue weighted by Gasteiger charge is -2.18. The number of aliphatic hydroxyl groups is 1. The molecule has 1 fully saturated rings. The fourth-order valence-electron chi connectivity index (χ4n) is 2.02. The van der Waals surface area contributed by atoms with E-state index in [0.29, 0.717) is 18.4 Å². The molecular weight excluding hydrogens is 180 g/mol. The number of nitrogens with one attached hydrogen (secondary N) is 1. The molecule has 1 saturated carbocycles. The first-order chi connectivity index (χ1) is 6.65. The minimum atomic E-state index is -0.441. The molecular formula is C10H20N2O2. The quantitative estimate of drug-likeness (QED) is 0.591. The first-order valence-electron chi connectivity index (χ1n) is 5.29. The smallest absolute Gasteiger partial charge is 0.236 e. The first-order valence-corrected chi connectivity index (χ1v) is 5.29. The summed E-state index contributed by atoms with van der Waals surface area (Å²) in [6.45, 7) is 2.57. The Morgan fingerprint density at radius 3 is 2.79 bits per heavy atom. The predicted molar refractivity (Wildman–Crippen MR) is 54.6 cm³/mol. The molecule has 0 bridgehead atoms. The van der Waals surface area contributed by atoms with Gasteiger partial charge in [0.25, 0.3) is 0 Å². The van der Waals surface area contributed by atoms with Crippen molar-refractivity contribution in [2.24, 2.45) is 17.6 Å². The van der Waals surface area contributed by atoms with Crippen molar-refractivity contribution in [3.05, 3.63) is 0 Å². The Hall–Kier alpha value is -0.610. The van der Waals surface area contributed by atoms with Crippen LogP contribution >= 0.6 is 0 Å². The third-order valence-electron chi connectivity index (χ3n) is 3.00. The van der Waals surface area contributed by atoms with Crippen LogP contribution in [0.4, 0.5) is 0 Å². The molecule has 1 aliphatic carbocycles. The highest BCUT2D eigenvalue weighted by atomic mass is 16.3. The van der Waals surface area contributed by atoms with Crippen LogP contribution in [0, 0.1) is 11.8 Å². The summed E-state index contributed by atoms with van der Waals surface area (Å²) >= 11 is 0. The second kappa shape index (κ2) is 5.32. The van der Waals surface area contributed by atoms with Crippen LogP contribution < -0.4 is 11.1 Å². The van der Waals surface area contributed by atoms with Gasteiger partial charge in [-0.05, 0) is 31.6 Å². The molecule has 1 rings (SSSR count). The molecule has 4 nitrogen and oxygen atoms in total. The third kappa shape index (κ3) is 2.96. The van der Waals surface area contributed by atoms with Crippen LogP contribution in [0.5, 0.6) is 0 Å². The average molecular weight is 200 g/mol. The zero-order chi connectivity index (χ0) is 10.6. The van der Waals surface area contributed by atoms with Gasteiger partial charge in [-0.1, -0.05) is 6.42 Å². The van der Waals surface area contributed by atoms with Gasteiger partial charge in [-0.15, -0.1) is 0 Å². The van der Waals surface area contributed by atoms with Gasteiger partial charge in [-0.2, -0.15) is 0 Å². The number of carbonyl (C=O) groups is 1. The van der Waals surface area contributed by atoms with Crippen LogP contribution in [0.15, 0.2) is 0 Å². The van der Waals surface area contributed by atoms with E-state index in [1.54, 1.807) is 6.92 Å². The lowest BCUT2D eigenvalue weighted by atomic mass is 9.97. The van der Waals surface area contributed by atoms with Gasteiger partial charge in [0.05, 0.1) is 6.04 Å². The van der Waals surface area contributed by atoms with E-state index in [1.807, 2.05) is 0 Å².